The number of hydrogen-bond donors (Lipinski definition) is 1. The highest BCUT2D eigenvalue weighted by atomic mass is 32.1. The first-order valence-corrected chi connectivity index (χ1v) is 8.89. The number of nitrogens with one attached hydrogen (secondary N) is 1. The topological polar surface area (TPSA) is 50.1 Å². The minimum absolute atomic E-state index is 0.279. The van der Waals surface area contributed by atoms with Gasteiger partial charge in [-0.05, 0) is 42.9 Å². The van der Waals surface area contributed by atoms with E-state index in [-0.39, 0.29) is 6.79 Å². The Bertz CT molecular complexity index is 735. The van der Waals surface area contributed by atoms with Crippen molar-refractivity contribution < 1.29 is 13.9 Å². The number of benzene rings is 1. The molecular formula is C18H21N3O3S. The molecule has 0 unspecified atom stereocenters. The number of ether oxygens (including phenoxy) is 2. The van der Waals surface area contributed by atoms with Crippen LogP contribution in [0.25, 0.3) is 0 Å². The molecule has 0 atom stereocenters. The number of rotatable bonds is 3. The lowest BCUT2D eigenvalue weighted by Crippen LogP contribution is -2.37. The Hall–Kier alpha value is -2.25. The second-order valence-electron chi connectivity index (χ2n) is 6.19. The normalized spacial score (nSPS) is 17.4. The quantitative estimate of drug-likeness (QED) is 0.846. The van der Waals surface area contributed by atoms with Crippen molar-refractivity contribution in [1.82, 2.24) is 9.80 Å². The van der Waals surface area contributed by atoms with E-state index in [1.54, 1.807) is 6.26 Å². The van der Waals surface area contributed by atoms with Crippen molar-refractivity contribution in [1.29, 1.82) is 0 Å². The highest BCUT2D eigenvalue weighted by Gasteiger charge is 2.19. The standard InChI is InChI=1S/C18H21N3O3S/c25-18(19-14-4-5-16-17(11-14)24-13-23-16)21-7-2-6-20(8-9-21)12-15-3-1-10-22-15/h1,3-5,10-11H,2,6-9,12-13H2,(H,19,25). The monoisotopic (exact) mass is 359 g/mol. The summed E-state index contributed by atoms with van der Waals surface area (Å²) >= 11 is 5.60. The Morgan fingerprint density at radius 3 is 2.88 bits per heavy atom. The van der Waals surface area contributed by atoms with Crippen LogP contribution in [0.2, 0.25) is 0 Å². The molecule has 2 aliphatic rings. The number of anilines is 1. The van der Waals surface area contributed by atoms with Crippen LogP contribution in [0.1, 0.15) is 12.2 Å². The van der Waals surface area contributed by atoms with Gasteiger partial charge in [-0.25, -0.2) is 0 Å². The van der Waals surface area contributed by atoms with E-state index in [4.69, 9.17) is 26.1 Å². The van der Waals surface area contributed by atoms with E-state index < -0.39 is 0 Å². The summed E-state index contributed by atoms with van der Waals surface area (Å²) in [5.74, 6) is 2.54. The van der Waals surface area contributed by atoms with Crippen molar-refractivity contribution in [3.8, 4) is 11.5 Å². The molecule has 4 rings (SSSR count). The van der Waals surface area contributed by atoms with Gasteiger partial charge in [0.05, 0.1) is 12.8 Å². The van der Waals surface area contributed by atoms with Crippen molar-refractivity contribution in [3.63, 3.8) is 0 Å². The van der Waals surface area contributed by atoms with Crippen LogP contribution in [0.15, 0.2) is 41.0 Å². The molecule has 1 aromatic carbocycles. The molecule has 6 nitrogen and oxygen atoms in total. The van der Waals surface area contributed by atoms with Crippen LogP contribution in [0.3, 0.4) is 0 Å². The van der Waals surface area contributed by atoms with E-state index in [1.165, 1.54) is 0 Å². The molecule has 0 saturated carbocycles. The van der Waals surface area contributed by atoms with E-state index in [2.05, 4.69) is 15.1 Å². The summed E-state index contributed by atoms with van der Waals surface area (Å²) in [6.45, 7) is 4.99. The predicted molar refractivity (Wildman–Crippen MR) is 99.0 cm³/mol. The molecule has 1 aromatic heterocycles. The van der Waals surface area contributed by atoms with E-state index in [0.717, 1.165) is 67.2 Å². The smallest absolute Gasteiger partial charge is 0.231 e. The Balaban J connectivity index is 1.33. The largest absolute Gasteiger partial charge is 0.468 e. The fourth-order valence-corrected chi connectivity index (χ4v) is 3.43. The summed E-state index contributed by atoms with van der Waals surface area (Å²) < 4.78 is 16.2. The molecule has 0 bridgehead atoms. The molecule has 1 N–H and O–H groups in total. The van der Waals surface area contributed by atoms with Gasteiger partial charge in [0, 0.05) is 37.9 Å². The second kappa shape index (κ2) is 7.33. The van der Waals surface area contributed by atoms with Gasteiger partial charge < -0.3 is 24.1 Å². The number of fused-ring (bicyclic) bond motifs is 1. The average molecular weight is 359 g/mol. The van der Waals surface area contributed by atoms with Crippen molar-refractivity contribution in [2.75, 3.05) is 38.3 Å². The molecule has 0 aliphatic carbocycles. The van der Waals surface area contributed by atoms with E-state index >= 15 is 0 Å². The SMILES string of the molecule is S=C(Nc1ccc2c(c1)OCO2)N1CCCN(Cc2ccco2)CC1. The Labute approximate surface area is 152 Å². The molecule has 0 radical (unpaired) electrons. The van der Waals surface area contributed by atoms with Crippen LogP contribution in [0.4, 0.5) is 5.69 Å². The molecule has 1 fully saturated rings. The van der Waals surface area contributed by atoms with E-state index in [9.17, 15) is 0 Å². The zero-order valence-electron chi connectivity index (χ0n) is 13.9. The van der Waals surface area contributed by atoms with Gasteiger partial charge in [-0.1, -0.05) is 0 Å². The fourth-order valence-electron chi connectivity index (χ4n) is 3.13. The van der Waals surface area contributed by atoms with Crippen LogP contribution in [0, 0.1) is 0 Å². The van der Waals surface area contributed by atoms with Crippen LogP contribution in [0.5, 0.6) is 11.5 Å². The summed E-state index contributed by atoms with van der Waals surface area (Å²) in [4.78, 5) is 4.63. The minimum Gasteiger partial charge on any atom is -0.468 e. The maximum atomic E-state index is 5.60. The zero-order valence-corrected chi connectivity index (χ0v) is 14.8. The summed E-state index contributed by atoms with van der Waals surface area (Å²) in [6.07, 6.45) is 2.80. The molecular weight excluding hydrogens is 338 g/mol. The van der Waals surface area contributed by atoms with E-state index in [0.29, 0.717) is 0 Å². The molecule has 0 amide bonds. The van der Waals surface area contributed by atoms with Crippen LogP contribution in [-0.4, -0.2) is 47.9 Å². The fraction of sp³-hybridized carbons (Fsp3) is 0.389. The van der Waals surface area contributed by atoms with Gasteiger partial charge >= 0.3 is 0 Å². The van der Waals surface area contributed by atoms with Crippen molar-refractivity contribution in [2.24, 2.45) is 0 Å². The Kier molecular flexibility index (Phi) is 4.76. The Morgan fingerprint density at radius 2 is 2.00 bits per heavy atom. The summed E-state index contributed by atoms with van der Waals surface area (Å²) in [7, 11) is 0. The first-order chi connectivity index (χ1) is 12.3. The van der Waals surface area contributed by atoms with Gasteiger partial charge in [0.15, 0.2) is 16.6 Å². The van der Waals surface area contributed by atoms with Gasteiger partial charge in [0.2, 0.25) is 6.79 Å². The number of nitrogens with zero attached hydrogens (tertiary/aromatic N) is 2. The molecule has 3 heterocycles. The summed E-state index contributed by atoms with van der Waals surface area (Å²) in [5.41, 5.74) is 0.922. The summed E-state index contributed by atoms with van der Waals surface area (Å²) in [6, 6.07) is 9.75. The molecule has 132 valence electrons. The van der Waals surface area contributed by atoms with Crippen molar-refractivity contribution in [2.45, 2.75) is 13.0 Å². The van der Waals surface area contributed by atoms with Gasteiger partial charge in [-0.3, -0.25) is 4.90 Å². The number of thiocarbonyl (C=S) groups is 1. The minimum atomic E-state index is 0.279. The highest BCUT2D eigenvalue weighted by molar-refractivity contribution is 7.80. The lowest BCUT2D eigenvalue weighted by atomic mass is 10.3. The third kappa shape index (κ3) is 3.88. The van der Waals surface area contributed by atoms with Crippen LogP contribution < -0.4 is 14.8 Å². The van der Waals surface area contributed by atoms with Crippen molar-refractivity contribution >= 4 is 23.0 Å². The van der Waals surface area contributed by atoms with Crippen LogP contribution >= 0.6 is 12.2 Å². The summed E-state index contributed by atoms with van der Waals surface area (Å²) in [5, 5.41) is 4.06. The highest BCUT2D eigenvalue weighted by Crippen LogP contribution is 2.34. The third-order valence-electron chi connectivity index (χ3n) is 4.46. The lowest BCUT2D eigenvalue weighted by molar-refractivity contribution is 0.174. The molecule has 25 heavy (non-hydrogen) atoms. The molecule has 1 saturated heterocycles. The first-order valence-electron chi connectivity index (χ1n) is 8.48. The van der Waals surface area contributed by atoms with Gasteiger partial charge in [0.1, 0.15) is 5.76 Å². The van der Waals surface area contributed by atoms with Gasteiger partial charge in [0.25, 0.3) is 0 Å². The van der Waals surface area contributed by atoms with Crippen molar-refractivity contribution in [3.05, 3.63) is 42.4 Å². The van der Waals surface area contributed by atoms with Gasteiger partial charge in [-0.2, -0.15) is 0 Å². The second-order valence-corrected chi connectivity index (χ2v) is 6.58. The number of hydrogen-bond acceptors (Lipinski definition) is 5. The molecule has 2 aromatic rings. The number of furan rings is 1. The first kappa shape index (κ1) is 16.2. The predicted octanol–water partition coefficient (Wildman–Crippen LogP) is 2.91. The van der Waals surface area contributed by atoms with E-state index in [1.807, 2.05) is 30.3 Å². The molecule has 2 aliphatic heterocycles. The zero-order chi connectivity index (χ0) is 17.1. The van der Waals surface area contributed by atoms with Gasteiger partial charge in [-0.15, -0.1) is 0 Å². The molecule has 7 heteroatoms. The average Bonchev–Trinajstić information content (AvgIpc) is 3.23. The van der Waals surface area contributed by atoms with Crippen LogP contribution in [-0.2, 0) is 6.54 Å². The lowest BCUT2D eigenvalue weighted by Gasteiger charge is -2.24. The maximum absolute atomic E-state index is 5.60. The Morgan fingerprint density at radius 1 is 1.08 bits per heavy atom. The third-order valence-corrected chi connectivity index (χ3v) is 4.82. The molecule has 0 spiro atoms. The maximum Gasteiger partial charge on any atom is 0.231 e.